The number of aromatic nitrogens is 3. The second-order valence-electron chi connectivity index (χ2n) is 3.52. The highest BCUT2D eigenvalue weighted by molar-refractivity contribution is 7.90. The summed E-state index contributed by atoms with van der Waals surface area (Å²) in [6.45, 7) is 1.86. The molecule has 2 N–H and O–H groups in total. The summed E-state index contributed by atoms with van der Waals surface area (Å²) in [5, 5.41) is 3.81. The fourth-order valence-electron chi connectivity index (χ4n) is 1.15. The first-order chi connectivity index (χ1) is 6.94. The smallest absolute Gasteiger partial charge is 0.159 e. The van der Waals surface area contributed by atoms with Crippen molar-refractivity contribution in [1.29, 1.82) is 0 Å². The Morgan fingerprint density at radius 1 is 1.60 bits per heavy atom. The molecule has 0 amide bonds. The summed E-state index contributed by atoms with van der Waals surface area (Å²) in [4.78, 5) is 3.87. The van der Waals surface area contributed by atoms with Gasteiger partial charge < -0.3 is 5.73 Å². The largest absolute Gasteiger partial charge is 0.327 e. The van der Waals surface area contributed by atoms with E-state index in [1.165, 1.54) is 11.0 Å². The number of sulfone groups is 1. The van der Waals surface area contributed by atoms with Gasteiger partial charge >= 0.3 is 0 Å². The Balaban J connectivity index is 2.69. The van der Waals surface area contributed by atoms with Crippen LogP contribution < -0.4 is 5.73 Å². The van der Waals surface area contributed by atoms with Crippen LogP contribution in [0.5, 0.6) is 0 Å². The molecule has 0 aliphatic heterocycles. The number of rotatable bonds is 5. The van der Waals surface area contributed by atoms with Gasteiger partial charge in [0, 0.05) is 13.1 Å². The summed E-state index contributed by atoms with van der Waals surface area (Å²) in [5.74, 6) is 0.339. The maximum absolute atomic E-state index is 11.7. The summed E-state index contributed by atoms with van der Waals surface area (Å²) in [6.07, 6.45) is 1.99. The van der Waals surface area contributed by atoms with Crippen molar-refractivity contribution in [3.63, 3.8) is 0 Å². The fraction of sp³-hybridized carbons (Fsp3) is 0.750. The first-order valence-corrected chi connectivity index (χ1v) is 6.55. The van der Waals surface area contributed by atoms with Crippen LogP contribution in [0.3, 0.4) is 0 Å². The number of hydrogen-bond donors (Lipinski definition) is 1. The zero-order valence-electron chi connectivity index (χ0n) is 8.92. The molecular formula is C8H16N4O2S. The summed E-state index contributed by atoms with van der Waals surface area (Å²) in [6, 6.07) is -0.303. The predicted octanol–water partition coefficient (Wildman–Crippen LogP) is -0.533. The maximum atomic E-state index is 11.7. The van der Waals surface area contributed by atoms with Gasteiger partial charge in [-0.05, 0) is 6.42 Å². The monoisotopic (exact) mass is 232 g/mol. The zero-order chi connectivity index (χ0) is 11.5. The van der Waals surface area contributed by atoms with E-state index in [0.717, 1.165) is 0 Å². The van der Waals surface area contributed by atoms with Crippen molar-refractivity contribution < 1.29 is 8.42 Å². The molecule has 0 aromatic carbocycles. The average molecular weight is 232 g/mol. The van der Waals surface area contributed by atoms with Gasteiger partial charge in [0.1, 0.15) is 17.9 Å². The topological polar surface area (TPSA) is 90.9 Å². The van der Waals surface area contributed by atoms with Crippen LogP contribution in [0, 0.1) is 0 Å². The Morgan fingerprint density at radius 3 is 2.73 bits per heavy atom. The van der Waals surface area contributed by atoms with Crippen molar-refractivity contribution in [2.45, 2.75) is 25.1 Å². The number of hydrogen-bond acceptors (Lipinski definition) is 5. The van der Waals surface area contributed by atoms with Crippen molar-refractivity contribution in [2.24, 2.45) is 12.8 Å². The van der Waals surface area contributed by atoms with Gasteiger partial charge in [-0.25, -0.2) is 13.4 Å². The van der Waals surface area contributed by atoms with Crippen LogP contribution in [0.2, 0.25) is 0 Å². The van der Waals surface area contributed by atoms with Crippen LogP contribution in [-0.4, -0.2) is 35.0 Å². The van der Waals surface area contributed by atoms with Crippen LogP contribution in [0.15, 0.2) is 6.33 Å². The summed E-state index contributed by atoms with van der Waals surface area (Å²) < 4.78 is 24.8. The highest BCUT2D eigenvalue weighted by atomic mass is 32.2. The lowest BCUT2D eigenvalue weighted by atomic mass is 10.3. The Labute approximate surface area is 89.4 Å². The van der Waals surface area contributed by atoms with Crippen molar-refractivity contribution in [3.05, 3.63) is 12.2 Å². The lowest BCUT2D eigenvalue weighted by Gasteiger charge is -2.08. The lowest BCUT2D eigenvalue weighted by molar-refractivity contribution is 0.579. The number of aryl methyl sites for hydroxylation is 1. The molecule has 0 bridgehead atoms. The SMILES string of the molecule is CCC(N)CS(=O)(=O)Cc1ncnn1C. The van der Waals surface area contributed by atoms with Crippen LogP contribution in [0.25, 0.3) is 0 Å². The Kier molecular flexibility index (Phi) is 3.81. The minimum Gasteiger partial charge on any atom is -0.327 e. The van der Waals surface area contributed by atoms with E-state index >= 15 is 0 Å². The number of nitrogens with two attached hydrogens (primary N) is 1. The van der Waals surface area contributed by atoms with Gasteiger partial charge in [0.15, 0.2) is 9.84 Å². The second kappa shape index (κ2) is 4.71. The molecule has 1 aromatic heterocycles. The molecule has 6 nitrogen and oxygen atoms in total. The van der Waals surface area contributed by atoms with Crippen molar-refractivity contribution >= 4 is 9.84 Å². The molecule has 0 aliphatic carbocycles. The van der Waals surface area contributed by atoms with E-state index in [1.807, 2.05) is 6.92 Å². The third-order valence-corrected chi connectivity index (χ3v) is 3.78. The highest BCUT2D eigenvalue weighted by Crippen LogP contribution is 2.04. The Morgan fingerprint density at radius 2 is 2.27 bits per heavy atom. The van der Waals surface area contributed by atoms with Crippen LogP contribution in [0.1, 0.15) is 19.2 Å². The molecule has 0 spiro atoms. The van der Waals surface area contributed by atoms with E-state index in [-0.39, 0.29) is 17.5 Å². The first kappa shape index (κ1) is 12.1. The van der Waals surface area contributed by atoms with E-state index in [0.29, 0.717) is 12.2 Å². The quantitative estimate of drug-likeness (QED) is 0.736. The number of nitrogens with zero attached hydrogens (tertiary/aromatic N) is 3. The van der Waals surface area contributed by atoms with E-state index in [4.69, 9.17) is 5.73 Å². The van der Waals surface area contributed by atoms with Crippen LogP contribution in [-0.2, 0) is 22.6 Å². The van der Waals surface area contributed by atoms with Crippen LogP contribution >= 0.6 is 0 Å². The zero-order valence-corrected chi connectivity index (χ0v) is 9.74. The second-order valence-corrected chi connectivity index (χ2v) is 5.63. The van der Waals surface area contributed by atoms with Gasteiger partial charge in [0.05, 0.1) is 5.75 Å². The van der Waals surface area contributed by atoms with Gasteiger partial charge in [-0.15, -0.1) is 0 Å². The minimum atomic E-state index is -3.19. The Hall–Kier alpha value is -0.950. The van der Waals surface area contributed by atoms with Gasteiger partial charge in [-0.1, -0.05) is 6.92 Å². The lowest BCUT2D eigenvalue weighted by Crippen LogP contribution is -2.29. The summed E-state index contributed by atoms with van der Waals surface area (Å²) in [5.41, 5.74) is 5.60. The normalized spacial score (nSPS) is 14.1. The predicted molar refractivity (Wildman–Crippen MR) is 56.8 cm³/mol. The van der Waals surface area contributed by atoms with Gasteiger partial charge in [0.25, 0.3) is 0 Å². The molecule has 0 aliphatic rings. The Bertz CT molecular complexity index is 412. The molecule has 0 radical (unpaired) electrons. The van der Waals surface area contributed by atoms with E-state index in [2.05, 4.69) is 10.1 Å². The highest BCUT2D eigenvalue weighted by Gasteiger charge is 2.18. The molecule has 1 atom stereocenters. The molecule has 1 heterocycles. The molecule has 0 saturated heterocycles. The standard InChI is InChI=1S/C8H16N4O2S/c1-3-7(9)4-15(13,14)5-8-10-6-11-12(8)2/h6-7H,3-5,9H2,1-2H3. The van der Waals surface area contributed by atoms with E-state index < -0.39 is 9.84 Å². The van der Waals surface area contributed by atoms with Gasteiger partial charge in [-0.2, -0.15) is 5.10 Å². The van der Waals surface area contributed by atoms with Gasteiger partial charge in [-0.3, -0.25) is 4.68 Å². The van der Waals surface area contributed by atoms with E-state index in [1.54, 1.807) is 7.05 Å². The van der Waals surface area contributed by atoms with Crippen molar-refractivity contribution in [1.82, 2.24) is 14.8 Å². The first-order valence-electron chi connectivity index (χ1n) is 4.73. The minimum absolute atomic E-state index is 0.00361. The van der Waals surface area contributed by atoms with Crippen molar-refractivity contribution in [2.75, 3.05) is 5.75 Å². The maximum Gasteiger partial charge on any atom is 0.159 e. The third kappa shape index (κ3) is 3.60. The molecule has 86 valence electrons. The fourth-order valence-corrected chi connectivity index (χ4v) is 2.81. The average Bonchev–Trinajstić information content (AvgIpc) is 2.50. The summed E-state index contributed by atoms with van der Waals surface area (Å²) in [7, 11) is -1.52. The molecule has 1 rings (SSSR count). The molecule has 1 aromatic rings. The molecule has 7 heteroatoms. The van der Waals surface area contributed by atoms with Crippen molar-refractivity contribution in [3.8, 4) is 0 Å². The van der Waals surface area contributed by atoms with Gasteiger partial charge in [0.2, 0.25) is 0 Å². The third-order valence-electron chi connectivity index (χ3n) is 2.15. The molecule has 0 saturated carbocycles. The molecule has 15 heavy (non-hydrogen) atoms. The molecular weight excluding hydrogens is 216 g/mol. The summed E-state index contributed by atoms with van der Waals surface area (Å²) >= 11 is 0. The molecule has 1 unspecified atom stereocenters. The van der Waals surface area contributed by atoms with Crippen LogP contribution in [0.4, 0.5) is 0 Å². The molecule has 0 fully saturated rings. The van der Waals surface area contributed by atoms with E-state index in [9.17, 15) is 8.42 Å².